The highest BCUT2D eigenvalue weighted by atomic mass is 16.5. The van der Waals surface area contributed by atoms with E-state index in [1.165, 1.54) is 0 Å². The van der Waals surface area contributed by atoms with Crippen LogP contribution in [-0.2, 0) is 23.6 Å². The van der Waals surface area contributed by atoms with Crippen LogP contribution in [0.4, 0.5) is 0 Å². The molecular weight excluding hydrogens is 346 g/mol. The van der Waals surface area contributed by atoms with E-state index in [4.69, 9.17) is 4.74 Å². The van der Waals surface area contributed by atoms with E-state index < -0.39 is 0 Å². The van der Waals surface area contributed by atoms with Gasteiger partial charge in [-0.25, -0.2) is 0 Å². The smallest absolute Gasteiger partial charge is 0.268 e. The van der Waals surface area contributed by atoms with Gasteiger partial charge >= 0.3 is 0 Å². The van der Waals surface area contributed by atoms with Crippen LogP contribution >= 0.6 is 0 Å². The molecule has 8 nitrogen and oxygen atoms in total. The molecule has 8 heteroatoms. The first-order valence-electron chi connectivity index (χ1n) is 9.16. The number of amides is 2. The predicted octanol–water partition coefficient (Wildman–Crippen LogP) is 1.08. The quantitative estimate of drug-likeness (QED) is 0.793. The maximum absolute atomic E-state index is 12.5. The van der Waals surface area contributed by atoms with Crippen LogP contribution in [0.15, 0.2) is 24.5 Å². The Bertz CT molecular complexity index is 806. The minimum absolute atomic E-state index is 0.0414. The van der Waals surface area contributed by atoms with Crippen LogP contribution in [0.3, 0.4) is 0 Å². The lowest BCUT2D eigenvalue weighted by atomic mass is 10.0. The predicted molar refractivity (Wildman–Crippen MR) is 100 cm³/mol. The number of carbonyl (C=O) groups excluding carboxylic acids is 2. The third-order valence-electron chi connectivity index (χ3n) is 4.97. The van der Waals surface area contributed by atoms with Gasteiger partial charge in [0.25, 0.3) is 5.91 Å². The molecule has 27 heavy (non-hydrogen) atoms. The molecule has 1 aliphatic heterocycles. The minimum atomic E-state index is -0.213. The monoisotopic (exact) mass is 373 g/mol. The fourth-order valence-electron chi connectivity index (χ4n) is 3.38. The highest BCUT2D eigenvalue weighted by Crippen LogP contribution is 2.21. The van der Waals surface area contributed by atoms with Gasteiger partial charge in [-0.05, 0) is 38.0 Å². The van der Waals surface area contributed by atoms with E-state index in [-0.39, 0.29) is 29.9 Å². The van der Waals surface area contributed by atoms with Crippen molar-refractivity contribution in [2.24, 2.45) is 20.0 Å². The average Bonchev–Trinajstić information content (AvgIpc) is 3.33. The summed E-state index contributed by atoms with van der Waals surface area (Å²) in [6.07, 6.45) is 4.15. The molecule has 0 spiro atoms. The van der Waals surface area contributed by atoms with Crippen molar-refractivity contribution >= 4 is 11.8 Å². The van der Waals surface area contributed by atoms with Crippen molar-refractivity contribution in [3.8, 4) is 0 Å². The van der Waals surface area contributed by atoms with Gasteiger partial charge in [0, 0.05) is 33.0 Å². The molecule has 0 aromatic carbocycles. The lowest BCUT2D eigenvalue weighted by molar-refractivity contribution is -0.125. The number of hydrogen-bond donors (Lipinski definition) is 2. The Balaban J connectivity index is 1.47. The van der Waals surface area contributed by atoms with E-state index in [2.05, 4.69) is 15.7 Å². The first-order valence-corrected chi connectivity index (χ1v) is 9.16. The maximum Gasteiger partial charge on any atom is 0.268 e. The van der Waals surface area contributed by atoms with Crippen LogP contribution in [-0.4, -0.2) is 45.4 Å². The highest BCUT2D eigenvalue weighted by molar-refractivity contribution is 5.94. The van der Waals surface area contributed by atoms with E-state index in [1.807, 2.05) is 52.5 Å². The lowest BCUT2D eigenvalue weighted by Crippen LogP contribution is -2.35. The van der Waals surface area contributed by atoms with E-state index in [9.17, 15) is 9.59 Å². The Morgan fingerprint density at radius 3 is 2.74 bits per heavy atom. The molecule has 2 aromatic heterocycles. The van der Waals surface area contributed by atoms with E-state index in [0.717, 1.165) is 11.3 Å². The molecule has 1 aliphatic rings. The van der Waals surface area contributed by atoms with Crippen LogP contribution in [0.2, 0.25) is 0 Å². The molecule has 3 heterocycles. The molecule has 3 atom stereocenters. The summed E-state index contributed by atoms with van der Waals surface area (Å²) >= 11 is 0. The SMILES string of the molecule is Cc1ccn(C)c1C(=O)NC[C@@H]1C[C@H](C(=O)NC(C)c2ccn(C)n2)CO1. The summed E-state index contributed by atoms with van der Waals surface area (Å²) in [4.78, 5) is 24.8. The van der Waals surface area contributed by atoms with Gasteiger partial charge in [-0.3, -0.25) is 14.3 Å². The van der Waals surface area contributed by atoms with Crippen molar-refractivity contribution in [1.82, 2.24) is 25.0 Å². The van der Waals surface area contributed by atoms with Gasteiger partial charge in [-0.1, -0.05) is 0 Å². The normalized spacial score (nSPS) is 20.4. The Morgan fingerprint density at radius 2 is 2.11 bits per heavy atom. The Morgan fingerprint density at radius 1 is 1.33 bits per heavy atom. The third-order valence-corrected chi connectivity index (χ3v) is 4.97. The standard InChI is InChI=1S/C19H27N5O3/c1-12-5-7-23(3)17(12)19(26)20-10-15-9-14(11-27-15)18(25)21-13(2)16-6-8-24(4)22-16/h5-8,13-15H,9-11H2,1-4H3,(H,20,26)(H,21,25)/t13?,14-,15-/m0/s1. The van der Waals surface area contributed by atoms with Crippen LogP contribution in [0.5, 0.6) is 0 Å². The number of hydrogen-bond acceptors (Lipinski definition) is 4. The average molecular weight is 373 g/mol. The van der Waals surface area contributed by atoms with E-state index in [1.54, 1.807) is 9.25 Å². The van der Waals surface area contributed by atoms with E-state index >= 15 is 0 Å². The summed E-state index contributed by atoms with van der Waals surface area (Å²) in [6, 6.07) is 3.64. The van der Waals surface area contributed by atoms with Gasteiger partial charge in [0.05, 0.1) is 30.4 Å². The molecule has 2 N–H and O–H groups in total. The molecule has 0 aliphatic carbocycles. The van der Waals surface area contributed by atoms with Crippen molar-refractivity contribution in [3.05, 3.63) is 41.5 Å². The minimum Gasteiger partial charge on any atom is -0.376 e. The third kappa shape index (κ3) is 4.39. The Labute approximate surface area is 158 Å². The number of rotatable bonds is 6. The fourth-order valence-corrected chi connectivity index (χ4v) is 3.38. The van der Waals surface area contributed by atoms with Crippen LogP contribution in [0.1, 0.15) is 41.1 Å². The highest BCUT2D eigenvalue weighted by Gasteiger charge is 2.32. The van der Waals surface area contributed by atoms with Crippen molar-refractivity contribution in [1.29, 1.82) is 0 Å². The molecule has 0 saturated carbocycles. The molecule has 1 saturated heterocycles. The summed E-state index contributed by atoms with van der Waals surface area (Å²) in [5.74, 6) is -0.379. The summed E-state index contributed by atoms with van der Waals surface area (Å²) in [5, 5.41) is 10.2. The number of aryl methyl sites for hydroxylation is 3. The zero-order valence-corrected chi connectivity index (χ0v) is 16.2. The molecule has 3 rings (SSSR count). The molecule has 2 aromatic rings. The number of ether oxygens (including phenoxy) is 1. The van der Waals surface area contributed by atoms with Gasteiger partial charge in [-0.15, -0.1) is 0 Å². The molecule has 1 fully saturated rings. The van der Waals surface area contributed by atoms with Crippen molar-refractivity contribution in [2.75, 3.05) is 13.2 Å². The number of aromatic nitrogens is 3. The van der Waals surface area contributed by atoms with Crippen molar-refractivity contribution in [2.45, 2.75) is 32.4 Å². The largest absolute Gasteiger partial charge is 0.376 e. The second kappa shape index (κ2) is 7.96. The molecule has 1 unspecified atom stereocenters. The fraction of sp³-hybridized carbons (Fsp3) is 0.526. The molecule has 0 bridgehead atoms. The second-order valence-electron chi connectivity index (χ2n) is 7.20. The van der Waals surface area contributed by atoms with Crippen LogP contribution < -0.4 is 10.6 Å². The Hall–Kier alpha value is -2.61. The topological polar surface area (TPSA) is 90.2 Å². The van der Waals surface area contributed by atoms with Crippen molar-refractivity contribution in [3.63, 3.8) is 0 Å². The zero-order chi connectivity index (χ0) is 19.6. The van der Waals surface area contributed by atoms with Crippen LogP contribution in [0, 0.1) is 12.8 Å². The lowest BCUT2D eigenvalue weighted by Gasteiger charge is -2.15. The summed E-state index contributed by atoms with van der Waals surface area (Å²) < 4.78 is 9.22. The summed E-state index contributed by atoms with van der Waals surface area (Å²) in [7, 11) is 3.69. The maximum atomic E-state index is 12.5. The van der Waals surface area contributed by atoms with Gasteiger partial charge in [0.1, 0.15) is 5.69 Å². The zero-order valence-electron chi connectivity index (χ0n) is 16.2. The van der Waals surface area contributed by atoms with E-state index in [0.29, 0.717) is 25.3 Å². The molecule has 2 amide bonds. The number of nitrogens with zero attached hydrogens (tertiary/aromatic N) is 3. The number of nitrogens with one attached hydrogen (secondary N) is 2. The summed E-state index contributed by atoms with van der Waals surface area (Å²) in [5.41, 5.74) is 2.40. The first-order chi connectivity index (χ1) is 12.8. The number of carbonyl (C=O) groups is 2. The van der Waals surface area contributed by atoms with Gasteiger partial charge in [0.15, 0.2) is 0 Å². The molecule has 146 valence electrons. The first kappa shape index (κ1) is 19.2. The molecular formula is C19H27N5O3. The van der Waals surface area contributed by atoms with Crippen LogP contribution in [0.25, 0.3) is 0 Å². The van der Waals surface area contributed by atoms with Gasteiger partial charge in [-0.2, -0.15) is 5.10 Å². The Kier molecular flexibility index (Phi) is 5.65. The van der Waals surface area contributed by atoms with Crippen molar-refractivity contribution < 1.29 is 14.3 Å². The van der Waals surface area contributed by atoms with Gasteiger partial charge < -0.3 is 19.9 Å². The summed E-state index contributed by atoms with van der Waals surface area (Å²) in [6.45, 7) is 4.58. The van der Waals surface area contributed by atoms with Gasteiger partial charge in [0.2, 0.25) is 5.91 Å². The second-order valence-corrected chi connectivity index (χ2v) is 7.20. The molecule has 0 radical (unpaired) electrons.